The first-order valence-electron chi connectivity index (χ1n) is 4.45. The first-order valence-corrected chi connectivity index (χ1v) is 4.83. The smallest absolute Gasteiger partial charge is 0.173 e. The largest absolute Gasteiger partial charge is 0.505 e. The van der Waals surface area contributed by atoms with Crippen LogP contribution in [0.3, 0.4) is 0 Å². The molecule has 0 unspecified atom stereocenters. The van der Waals surface area contributed by atoms with Crippen LogP contribution in [-0.4, -0.2) is 36.4 Å². The summed E-state index contributed by atoms with van der Waals surface area (Å²) in [5, 5.41) is 9.35. The minimum absolute atomic E-state index is 0.0173. The van der Waals surface area contributed by atoms with Crippen molar-refractivity contribution in [1.82, 2.24) is 4.98 Å². The molecular weight excluding hydrogens is 204 g/mol. The van der Waals surface area contributed by atoms with Gasteiger partial charge < -0.3 is 14.7 Å². The van der Waals surface area contributed by atoms with Crippen molar-refractivity contribution in [2.24, 2.45) is 0 Å². The van der Waals surface area contributed by atoms with Gasteiger partial charge in [0.15, 0.2) is 10.9 Å². The van der Waals surface area contributed by atoms with Gasteiger partial charge in [-0.25, -0.2) is 4.98 Å². The normalized spacial score (nSPS) is 17.1. The van der Waals surface area contributed by atoms with Crippen molar-refractivity contribution in [3.63, 3.8) is 0 Å². The fourth-order valence-electron chi connectivity index (χ4n) is 1.39. The summed E-state index contributed by atoms with van der Waals surface area (Å²) >= 11 is 5.71. The number of halogens is 1. The second-order valence-corrected chi connectivity index (χ2v) is 3.44. The number of hydrogen-bond donors (Lipinski definition) is 1. The number of hydrogen-bond acceptors (Lipinski definition) is 4. The Labute approximate surface area is 87.1 Å². The summed E-state index contributed by atoms with van der Waals surface area (Å²) < 4.78 is 5.22. The third-order valence-corrected chi connectivity index (χ3v) is 2.43. The summed E-state index contributed by atoms with van der Waals surface area (Å²) in [7, 11) is 0. The van der Waals surface area contributed by atoms with Gasteiger partial charge in [0.05, 0.1) is 13.2 Å². The van der Waals surface area contributed by atoms with Gasteiger partial charge in [-0.05, 0) is 12.1 Å². The molecule has 0 atom stereocenters. The second kappa shape index (κ2) is 4.02. The Bertz CT molecular complexity index is 327. The van der Waals surface area contributed by atoms with Gasteiger partial charge in [0.2, 0.25) is 0 Å². The molecule has 14 heavy (non-hydrogen) atoms. The topological polar surface area (TPSA) is 45.6 Å². The summed E-state index contributed by atoms with van der Waals surface area (Å²) in [5.41, 5.74) is 0. The molecule has 2 rings (SSSR count). The zero-order valence-corrected chi connectivity index (χ0v) is 8.37. The molecule has 1 fully saturated rings. The highest BCUT2D eigenvalue weighted by Crippen LogP contribution is 2.24. The van der Waals surface area contributed by atoms with Gasteiger partial charge in [0.25, 0.3) is 0 Å². The minimum atomic E-state index is 0.0173. The molecule has 1 aliphatic heterocycles. The van der Waals surface area contributed by atoms with E-state index in [2.05, 4.69) is 9.88 Å². The van der Waals surface area contributed by atoms with Crippen molar-refractivity contribution in [3.05, 3.63) is 17.3 Å². The van der Waals surface area contributed by atoms with Crippen LogP contribution >= 0.6 is 11.6 Å². The van der Waals surface area contributed by atoms with Crippen molar-refractivity contribution < 1.29 is 9.84 Å². The number of aromatic hydroxyl groups is 1. The number of rotatable bonds is 1. The minimum Gasteiger partial charge on any atom is -0.505 e. The van der Waals surface area contributed by atoms with Crippen LogP contribution in [0.2, 0.25) is 5.15 Å². The number of aromatic nitrogens is 1. The van der Waals surface area contributed by atoms with Crippen molar-refractivity contribution >= 4 is 17.4 Å². The van der Waals surface area contributed by atoms with Crippen molar-refractivity contribution in [2.45, 2.75) is 0 Å². The van der Waals surface area contributed by atoms with E-state index >= 15 is 0 Å². The van der Waals surface area contributed by atoms with Gasteiger partial charge in [-0.15, -0.1) is 0 Å². The highest BCUT2D eigenvalue weighted by molar-refractivity contribution is 6.30. The zero-order chi connectivity index (χ0) is 9.97. The van der Waals surface area contributed by atoms with Gasteiger partial charge in [-0.3, -0.25) is 0 Å². The maximum absolute atomic E-state index is 9.20. The lowest BCUT2D eigenvalue weighted by Crippen LogP contribution is -2.36. The number of ether oxygens (including phenoxy) is 1. The average Bonchev–Trinajstić information content (AvgIpc) is 2.23. The predicted octanol–water partition coefficient (Wildman–Crippen LogP) is 1.28. The van der Waals surface area contributed by atoms with Gasteiger partial charge >= 0.3 is 0 Å². The zero-order valence-electron chi connectivity index (χ0n) is 7.61. The van der Waals surface area contributed by atoms with E-state index in [9.17, 15) is 5.11 Å². The molecule has 0 aliphatic carbocycles. The summed E-state index contributed by atoms with van der Waals surface area (Å²) in [6, 6.07) is 3.31. The number of pyridine rings is 1. The molecule has 1 aliphatic rings. The van der Waals surface area contributed by atoms with E-state index < -0.39 is 0 Å². The van der Waals surface area contributed by atoms with Crippen LogP contribution in [0.5, 0.6) is 5.75 Å². The molecule has 1 aromatic rings. The van der Waals surface area contributed by atoms with Crippen LogP contribution in [0.1, 0.15) is 0 Å². The summed E-state index contributed by atoms with van der Waals surface area (Å²) in [4.78, 5) is 6.16. The first-order chi connectivity index (χ1) is 6.77. The standard InChI is InChI=1S/C9H11ClN2O2/c10-9-7(13)1-2-8(11-9)12-3-5-14-6-4-12/h1-2,13H,3-6H2. The number of morpholine rings is 1. The quantitative estimate of drug-likeness (QED) is 0.716. The molecular formula is C9H11ClN2O2. The third-order valence-electron chi connectivity index (χ3n) is 2.15. The van der Waals surface area contributed by atoms with Crippen LogP contribution in [0.25, 0.3) is 0 Å². The Morgan fingerprint density at radius 1 is 1.36 bits per heavy atom. The molecule has 1 saturated heterocycles. The van der Waals surface area contributed by atoms with Crippen molar-refractivity contribution in [3.8, 4) is 5.75 Å². The SMILES string of the molecule is Oc1ccc(N2CCOCC2)nc1Cl. The highest BCUT2D eigenvalue weighted by Gasteiger charge is 2.13. The van der Waals surface area contributed by atoms with Crippen LogP contribution in [0.15, 0.2) is 12.1 Å². The lowest BCUT2D eigenvalue weighted by atomic mass is 10.3. The fraction of sp³-hybridized carbons (Fsp3) is 0.444. The van der Waals surface area contributed by atoms with E-state index in [-0.39, 0.29) is 10.9 Å². The summed E-state index contributed by atoms with van der Waals surface area (Å²) in [6.45, 7) is 3.04. The monoisotopic (exact) mass is 214 g/mol. The van der Waals surface area contributed by atoms with Crippen LogP contribution in [0.4, 0.5) is 5.82 Å². The molecule has 0 spiro atoms. The van der Waals surface area contributed by atoms with Gasteiger partial charge in [-0.2, -0.15) is 0 Å². The molecule has 0 aromatic carbocycles. The molecule has 1 aromatic heterocycles. The Morgan fingerprint density at radius 2 is 2.07 bits per heavy atom. The second-order valence-electron chi connectivity index (χ2n) is 3.08. The lowest BCUT2D eigenvalue weighted by Gasteiger charge is -2.27. The maximum Gasteiger partial charge on any atom is 0.173 e. The molecule has 0 radical (unpaired) electrons. The van der Waals surface area contributed by atoms with E-state index in [1.807, 2.05) is 0 Å². The Morgan fingerprint density at radius 3 is 2.71 bits per heavy atom. The fourth-order valence-corrected chi connectivity index (χ4v) is 1.54. The molecule has 0 amide bonds. The molecule has 76 valence electrons. The highest BCUT2D eigenvalue weighted by atomic mass is 35.5. The maximum atomic E-state index is 9.20. The van der Waals surface area contributed by atoms with Crippen LogP contribution in [-0.2, 0) is 4.74 Å². The van der Waals surface area contributed by atoms with Crippen LogP contribution < -0.4 is 4.90 Å². The molecule has 0 saturated carbocycles. The molecule has 2 heterocycles. The number of nitrogens with zero attached hydrogens (tertiary/aromatic N) is 2. The van der Waals surface area contributed by atoms with E-state index in [4.69, 9.17) is 16.3 Å². The van der Waals surface area contributed by atoms with Gasteiger partial charge in [-0.1, -0.05) is 11.6 Å². The molecule has 0 bridgehead atoms. The predicted molar refractivity (Wildman–Crippen MR) is 53.9 cm³/mol. The van der Waals surface area contributed by atoms with E-state index in [0.29, 0.717) is 13.2 Å². The number of anilines is 1. The molecule has 4 nitrogen and oxygen atoms in total. The van der Waals surface area contributed by atoms with Gasteiger partial charge in [0.1, 0.15) is 5.82 Å². The Hall–Kier alpha value is -1.00. The Kier molecular flexibility index (Phi) is 2.74. The third kappa shape index (κ3) is 1.91. The molecule has 5 heteroatoms. The van der Waals surface area contributed by atoms with Crippen molar-refractivity contribution in [2.75, 3.05) is 31.2 Å². The van der Waals surface area contributed by atoms with Gasteiger partial charge in [0, 0.05) is 13.1 Å². The Balaban J connectivity index is 2.18. The summed E-state index contributed by atoms with van der Waals surface area (Å²) in [6.07, 6.45) is 0. The van der Waals surface area contributed by atoms with E-state index in [0.717, 1.165) is 18.9 Å². The first kappa shape index (κ1) is 9.55. The van der Waals surface area contributed by atoms with Crippen LogP contribution in [0, 0.1) is 0 Å². The lowest BCUT2D eigenvalue weighted by molar-refractivity contribution is 0.122. The van der Waals surface area contributed by atoms with E-state index in [1.54, 1.807) is 12.1 Å². The summed E-state index contributed by atoms with van der Waals surface area (Å²) in [5.74, 6) is 0.805. The average molecular weight is 215 g/mol. The van der Waals surface area contributed by atoms with Crippen molar-refractivity contribution in [1.29, 1.82) is 0 Å². The van der Waals surface area contributed by atoms with E-state index in [1.165, 1.54) is 0 Å². The molecule has 1 N–H and O–H groups in total.